The van der Waals surface area contributed by atoms with E-state index in [2.05, 4.69) is 4.72 Å². The van der Waals surface area contributed by atoms with Gasteiger partial charge in [-0.05, 0) is 54.4 Å². The summed E-state index contributed by atoms with van der Waals surface area (Å²) in [5, 5.41) is 8.70. The Labute approximate surface area is 155 Å². The molecule has 1 amide bonds. The molecule has 27 heavy (non-hydrogen) atoms. The summed E-state index contributed by atoms with van der Waals surface area (Å²) in [7, 11) is -3.86. The second kappa shape index (κ2) is 7.36. The fourth-order valence-electron chi connectivity index (χ4n) is 2.89. The van der Waals surface area contributed by atoms with Gasteiger partial charge < -0.3 is 10.0 Å². The highest BCUT2D eigenvalue weighted by Gasteiger charge is 2.26. The van der Waals surface area contributed by atoms with Crippen molar-refractivity contribution in [2.75, 3.05) is 16.2 Å². The van der Waals surface area contributed by atoms with E-state index in [1.54, 1.807) is 6.07 Å². The molecular formula is C18H17FN2O5S. The fraction of sp³-hybridized carbons (Fsp3) is 0.222. The number of hydrogen-bond donors (Lipinski definition) is 2. The first-order chi connectivity index (χ1) is 12.8. The van der Waals surface area contributed by atoms with Gasteiger partial charge >= 0.3 is 5.97 Å². The van der Waals surface area contributed by atoms with Gasteiger partial charge in [-0.15, -0.1) is 0 Å². The minimum atomic E-state index is -3.86. The third-order valence-electron chi connectivity index (χ3n) is 4.21. The van der Waals surface area contributed by atoms with Gasteiger partial charge in [0, 0.05) is 24.3 Å². The quantitative estimate of drug-likeness (QED) is 0.786. The van der Waals surface area contributed by atoms with Gasteiger partial charge in [0.15, 0.2) is 0 Å². The molecule has 0 fully saturated rings. The second-order valence-electron chi connectivity index (χ2n) is 6.09. The van der Waals surface area contributed by atoms with Crippen LogP contribution in [0, 0.1) is 5.82 Å². The summed E-state index contributed by atoms with van der Waals surface area (Å²) < 4.78 is 40.4. The van der Waals surface area contributed by atoms with E-state index in [0.717, 1.165) is 12.1 Å². The summed E-state index contributed by atoms with van der Waals surface area (Å²) in [5.41, 5.74) is 1.52. The normalized spacial score (nSPS) is 13.3. The molecule has 1 aliphatic heterocycles. The number of carboxylic acid groups (broad SMARTS) is 1. The zero-order valence-corrected chi connectivity index (χ0v) is 15.0. The maximum Gasteiger partial charge on any atom is 0.303 e. The van der Waals surface area contributed by atoms with Gasteiger partial charge in [-0.25, -0.2) is 12.8 Å². The van der Waals surface area contributed by atoms with Gasteiger partial charge in [0.2, 0.25) is 5.91 Å². The van der Waals surface area contributed by atoms with Gasteiger partial charge in [-0.2, -0.15) is 0 Å². The number of carbonyl (C=O) groups excluding carboxylic acids is 1. The van der Waals surface area contributed by atoms with E-state index in [4.69, 9.17) is 5.11 Å². The molecule has 0 radical (unpaired) electrons. The first-order valence-electron chi connectivity index (χ1n) is 8.20. The molecule has 0 unspecified atom stereocenters. The fourth-order valence-corrected chi connectivity index (χ4v) is 3.99. The predicted octanol–water partition coefficient (Wildman–Crippen LogP) is 2.38. The summed E-state index contributed by atoms with van der Waals surface area (Å²) in [6, 6.07) is 9.37. The maximum absolute atomic E-state index is 13.0. The van der Waals surface area contributed by atoms with Crippen LogP contribution in [-0.2, 0) is 26.0 Å². The number of aliphatic carboxylic acids is 1. The van der Waals surface area contributed by atoms with Crippen LogP contribution in [0.5, 0.6) is 0 Å². The number of amides is 1. The van der Waals surface area contributed by atoms with E-state index in [1.165, 1.54) is 29.2 Å². The van der Waals surface area contributed by atoms with Crippen LogP contribution in [0.1, 0.15) is 18.4 Å². The number of nitrogens with zero attached hydrogens (tertiary/aromatic N) is 1. The van der Waals surface area contributed by atoms with Gasteiger partial charge in [0.1, 0.15) is 5.82 Å². The molecule has 0 aliphatic carbocycles. The molecule has 1 heterocycles. The highest BCUT2D eigenvalue weighted by atomic mass is 32.2. The number of hydrogen-bond acceptors (Lipinski definition) is 4. The molecule has 0 bridgehead atoms. The molecule has 2 N–H and O–H groups in total. The molecule has 0 saturated heterocycles. The van der Waals surface area contributed by atoms with Gasteiger partial charge in [-0.1, -0.05) is 0 Å². The maximum atomic E-state index is 13.0. The van der Waals surface area contributed by atoms with Crippen LogP contribution in [0.2, 0.25) is 0 Å². The highest BCUT2D eigenvalue weighted by Crippen LogP contribution is 2.31. The Bertz CT molecular complexity index is 989. The van der Waals surface area contributed by atoms with Crippen LogP contribution in [-0.4, -0.2) is 31.9 Å². The van der Waals surface area contributed by atoms with Crippen LogP contribution in [0.25, 0.3) is 0 Å². The third kappa shape index (κ3) is 4.25. The van der Waals surface area contributed by atoms with Crippen LogP contribution in [0.15, 0.2) is 47.4 Å². The summed E-state index contributed by atoms with van der Waals surface area (Å²) in [5.74, 6) is -1.82. The first kappa shape index (κ1) is 18.8. The molecule has 9 heteroatoms. The molecule has 142 valence electrons. The number of fused-ring (bicyclic) bond motifs is 1. The Morgan fingerprint density at radius 3 is 2.48 bits per heavy atom. The largest absolute Gasteiger partial charge is 0.481 e. The highest BCUT2D eigenvalue weighted by molar-refractivity contribution is 7.92. The number of halogens is 1. The van der Waals surface area contributed by atoms with Crippen LogP contribution >= 0.6 is 0 Å². The van der Waals surface area contributed by atoms with Crippen molar-refractivity contribution in [3.63, 3.8) is 0 Å². The van der Waals surface area contributed by atoms with Crippen LogP contribution < -0.4 is 9.62 Å². The van der Waals surface area contributed by atoms with E-state index in [0.29, 0.717) is 24.2 Å². The second-order valence-corrected chi connectivity index (χ2v) is 7.77. The molecular weight excluding hydrogens is 375 g/mol. The SMILES string of the molecule is O=C(O)CCC(=O)N1CCc2cc(S(=O)(=O)Nc3ccc(F)cc3)ccc21. The Kier molecular flexibility index (Phi) is 5.13. The topological polar surface area (TPSA) is 104 Å². The standard InChI is InChI=1S/C18H17FN2O5S/c19-13-1-3-14(4-2-13)20-27(25,26)15-5-6-16-12(11-15)9-10-21(16)17(22)7-8-18(23)24/h1-6,11,20H,7-10H2,(H,23,24). The van der Waals surface area contributed by atoms with E-state index >= 15 is 0 Å². The van der Waals surface area contributed by atoms with Crippen molar-refractivity contribution < 1.29 is 27.5 Å². The van der Waals surface area contributed by atoms with Crippen molar-refractivity contribution in [3.05, 3.63) is 53.8 Å². The number of nitrogens with one attached hydrogen (secondary N) is 1. The predicted molar refractivity (Wildman–Crippen MR) is 96.6 cm³/mol. The van der Waals surface area contributed by atoms with E-state index in [-0.39, 0.29) is 29.3 Å². The van der Waals surface area contributed by atoms with Crippen molar-refractivity contribution in [3.8, 4) is 0 Å². The van der Waals surface area contributed by atoms with Crippen molar-refractivity contribution >= 4 is 33.3 Å². The Balaban J connectivity index is 1.79. The average Bonchev–Trinajstić information content (AvgIpc) is 3.04. The Hall–Kier alpha value is -2.94. The molecule has 0 spiro atoms. The monoisotopic (exact) mass is 392 g/mol. The Morgan fingerprint density at radius 1 is 1.11 bits per heavy atom. The van der Waals surface area contributed by atoms with Gasteiger partial charge in [-0.3, -0.25) is 14.3 Å². The van der Waals surface area contributed by atoms with Crippen molar-refractivity contribution in [2.45, 2.75) is 24.2 Å². The zero-order chi connectivity index (χ0) is 19.6. The first-order valence-corrected chi connectivity index (χ1v) is 9.68. The molecule has 0 aromatic heterocycles. The molecule has 7 nitrogen and oxygen atoms in total. The van der Waals surface area contributed by atoms with Crippen molar-refractivity contribution in [1.82, 2.24) is 0 Å². The van der Waals surface area contributed by atoms with Crippen LogP contribution in [0.3, 0.4) is 0 Å². The molecule has 2 aromatic carbocycles. The number of anilines is 2. The van der Waals surface area contributed by atoms with Crippen LogP contribution in [0.4, 0.5) is 15.8 Å². The lowest BCUT2D eigenvalue weighted by Crippen LogP contribution is -2.29. The summed E-state index contributed by atoms with van der Waals surface area (Å²) >= 11 is 0. The molecule has 0 atom stereocenters. The summed E-state index contributed by atoms with van der Waals surface area (Å²) in [4.78, 5) is 24.3. The number of benzene rings is 2. The summed E-state index contributed by atoms with van der Waals surface area (Å²) in [6.45, 7) is 0.378. The smallest absolute Gasteiger partial charge is 0.303 e. The number of sulfonamides is 1. The minimum absolute atomic E-state index is 0.0328. The van der Waals surface area contributed by atoms with E-state index in [9.17, 15) is 22.4 Å². The molecule has 0 saturated carbocycles. The lowest BCUT2D eigenvalue weighted by Gasteiger charge is -2.17. The number of carbonyl (C=O) groups is 2. The molecule has 2 aromatic rings. The minimum Gasteiger partial charge on any atom is -0.481 e. The third-order valence-corrected chi connectivity index (χ3v) is 5.59. The zero-order valence-electron chi connectivity index (χ0n) is 14.2. The van der Waals surface area contributed by atoms with Crippen molar-refractivity contribution in [2.24, 2.45) is 0 Å². The molecule has 3 rings (SSSR count). The summed E-state index contributed by atoms with van der Waals surface area (Å²) in [6.07, 6.45) is 0.119. The number of rotatable bonds is 6. The lowest BCUT2D eigenvalue weighted by atomic mass is 10.2. The lowest BCUT2D eigenvalue weighted by molar-refractivity contribution is -0.138. The number of carboxylic acids is 1. The van der Waals surface area contributed by atoms with E-state index < -0.39 is 21.8 Å². The van der Waals surface area contributed by atoms with Crippen molar-refractivity contribution in [1.29, 1.82) is 0 Å². The Morgan fingerprint density at radius 2 is 1.81 bits per heavy atom. The van der Waals surface area contributed by atoms with E-state index in [1.807, 2.05) is 0 Å². The average molecular weight is 392 g/mol. The van der Waals surface area contributed by atoms with Gasteiger partial charge in [0.25, 0.3) is 10.0 Å². The van der Waals surface area contributed by atoms with Gasteiger partial charge in [0.05, 0.1) is 11.3 Å². The molecule has 1 aliphatic rings.